The van der Waals surface area contributed by atoms with E-state index in [2.05, 4.69) is 0 Å². The van der Waals surface area contributed by atoms with Crippen LogP contribution in [0.25, 0.3) is 0 Å². The number of amides is 4. The Morgan fingerprint density at radius 2 is 1.79 bits per heavy atom. The van der Waals surface area contributed by atoms with Gasteiger partial charge in [0.05, 0.1) is 48.1 Å². The van der Waals surface area contributed by atoms with Crippen molar-refractivity contribution in [1.29, 1.82) is 0 Å². The van der Waals surface area contributed by atoms with Crippen LogP contribution in [-0.2, 0) is 19.2 Å². The molecule has 2 heterocycles. The summed E-state index contributed by atoms with van der Waals surface area (Å²) >= 11 is 6.04. The molecule has 0 bridgehead atoms. The highest BCUT2D eigenvalue weighted by Gasteiger charge is 2.68. The summed E-state index contributed by atoms with van der Waals surface area (Å²) in [6.07, 6.45) is 2.32. The molecule has 9 nitrogen and oxygen atoms in total. The predicted octanol–water partition coefficient (Wildman–Crippen LogP) is 4.45. The third-order valence-electron chi connectivity index (χ3n) is 9.68. The molecular formula is C31H30ClFN2O7. The highest BCUT2D eigenvalue weighted by molar-refractivity contribution is 6.31. The number of hydrogen-bond donors (Lipinski definition) is 1. The fraction of sp³-hybridized carbons (Fsp3) is 0.419. The molecule has 42 heavy (non-hydrogen) atoms. The largest absolute Gasteiger partial charge is 0.507 e. The SMILES string of the molecule is CCN1C(=O)C2CC=C3C(CC4C(=O)N(c5ccc(F)c(Cl)c5)C(=O)C4(C)C3c3c(O)cc(OC)cc3OC)C2C1=O. The first kappa shape index (κ1) is 28.2. The third-order valence-corrected chi connectivity index (χ3v) is 9.97. The van der Waals surface area contributed by atoms with E-state index in [0.29, 0.717) is 11.3 Å². The first-order valence-electron chi connectivity index (χ1n) is 13.8. The van der Waals surface area contributed by atoms with Crippen LogP contribution in [0.3, 0.4) is 0 Å². The number of allylic oxidation sites excluding steroid dienone is 2. The highest BCUT2D eigenvalue weighted by Crippen LogP contribution is 2.65. The van der Waals surface area contributed by atoms with Crippen molar-refractivity contribution < 1.29 is 38.1 Å². The van der Waals surface area contributed by atoms with E-state index in [1.54, 1.807) is 19.9 Å². The number of methoxy groups -OCH3 is 2. The van der Waals surface area contributed by atoms with Crippen LogP contribution in [0.2, 0.25) is 5.02 Å². The Kier molecular flexibility index (Phi) is 6.60. The van der Waals surface area contributed by atoms with Gasteiger partial charge in [-0.3, -0.25) is 24.1 Å². The molecule has 2 aliphatic carbocycles. The Balaban J connectivity index is 1.58. The normalized spacial score (nSPS) is 30.2. The maximum absolute atomic E-state index is 14.5. The second-order valence-corrected chi connectivity index (χ2v) is 11.9. The van der Waals surface area contributed by atoms with Crippen LogP contribution in [0.1, 0.15) is 38.2 Å². The Bertz CT molecular complexity index is 1590. The summed E-state index contributed by atoms with van der Waals surface area (Å²) in [7, 11) is 2.87. The molecule has 2 aromatic carbocycles. The zero-order chi connectivity index (χ0) is 30.2. The number of carbonyl (C=O) groups excluding carboxylic acids is 4. The second-order valence-electron chi connectivity index (χ2n) is 11.4. The minimum atomic E-state index is -1.43. The predicted molar refractivity (Wildman–Crippen MR) is 150 cm³/mol. The standard InChI is InChI=1S/C31H30ClFN2O7/c1-5-34-27(37)17-8-7-16-18(24(17)29(34)39)13-19-28(38)35(14-6-9-21(33)20(32)10-14)30(40)31(19,2)26(16)25-22(36)11-15(41-3)12-23(25)42-4/h6-7,9-12,17-19,24,26,36H,5,8,13H2,1-4H3. The molecule has 6 unspecified atom stereocenters. The number of phenols is 1. The number of nitrogens with zero attached hydrogens (tertiary/aromatic N) is 2. The fourth-order valence-corrected chi connectivity index (χ4v) is 7.91. The molecule has 1 saturated carbocycles. The maximum atomic E-state index is 14.5. The molecule has 0 aromatic heterocycles. The summed E-state index contributed by atoms with van der Waals surface area (Å²) in [5.41, 5.74) is -0.323. The number of anilines is 1. The summed E-state index contributed by atoms with van der Waals surface area (Å²) in [6, 6.07) is 6.64. The lowest BCUT2D eigenvalue weighted by Gasteiger charge is -2.49. The van der Waals surface area contributed by atoms with Crippen molar-refractivity contribution in [2.24, 2.45) is 29.1 Å². The number of phenolic OH excluding ortho intramolecular Hbond substituents is 1. The number of imide groups is 2. The Morgan fingerprint density at radius 3 is 2.43 bits per heavy atom. The van der Waals surface area contributed by atoms with Gasteiger partial charge in [-0.1, -0.05) is 23.3 Å². The smallest absolute Gasteiger partial charge is 0.241 e. The first-order valence-corrected chi connectivity index (χ1v) is 14.2. The Labute approximate surface area is 246 Å². The number of fused-ring (bicyclic) bond motifs is 4. The van der Waals surface area contributed by atoms with Crippen LogP contribution < -0.4 is 14.4 Å². The van der Waals surface area contributed by atoms with Crippen LogP contribution in [0.4, 0.5) is 10.1 Å². The van der Waals surface area contributed by atoms with Crippen molar-refractivity contribution in [3.8, 4) is 17.2 Å². The number of ether oxygens (including phenoxy) is 2. The molecule has 2 aromatic rings. The van der Waals surface area contributed by atoms with Crippen LogP contribution in [0.15, 0.2) is 42.0 Å². The van der Waals surface area contributed by atoms with Gasteiger partial charge in [0.25, 0.3) is 0 Å². The van der Waals surface area contributed by atoms with E-state index in [0.717, 1.165) is 11.0 Å². The third kappa shape index (κ3) is 3.66. The van der Waals surface area contributed by atoms with Crippen molar-refractivity contribution in [3.63, 3.8) is 0 Å². The van der Waals surface area contributed by atoms with Crippen LogP contribution in [-0.4, -0.2) is 54.4 Å². The van der Waals surface area contributed by atoms with Gasteiger partial charge in [-0.05, 0) is 50.8 Å². The molecule has 11 heteroatoms. The molecule has 2 aliphatic heterocycles. The number of rotatable bonds is 5. The van der Waals surface area contributed by atoms with E-state index < -0.39 is 52.6 Å². The number of likely N-dealkylation sites (tertiary alicyclic amines) is 1. The molecule has 0 spiro atoms. The van der Waals surface area contributed by atoms with Gasteiger partial charge in [-0.25, -0.2) is 9.29 Å². The van der Waals surface area contributed by atoms with E-state index in [-0.39, 0.29) is 59.0 Å². The summed E-state index contributed by atoms with van der Waals surface area (Å²) in [6.45, 7) is 3.66. The van der Waals surface area contributed by atoms with Gasteiger partial charge in [-0.2, -0.15) is 0 Å². The molecule has 1 N–H and O–H groups in total. The average molecular weight is 597 g/mol. The summed E-state index contributed by atoms with van der Waals surface area (Å²) in [5.74, 6) is -5.56. The highest BCUT2D eigenvalue weighted by atomic mass is 35.5. The number of aromatic hydroxyl groups is 1. The van der Waals surface area contributed by atoms with Gasteiger partial charge >= 0.3 is 0 Å². The topological polar surface area (TPSA) is 113 Å². The molecule has 3 fully saturated rings. The zero-order valence-corrected chi connectivity index (χ0v) is 24.3. The molecule has 0 radical (unpaired) electrons. The quantitative estimate of drug-likeness (QED) is 0.401. The molecule has 6 atom stereocenters. The van der Waals surface area contributed by atoms with Crippen molar-refractivity contribution in [1.82, 2.24) is 4.90 Å². The summed E-state index contributed by atoms with van der Waals surface area (Å²) in [4.78, 5) is 57.7. The molecule has 4 amide bonds. The van der Waals surface area contributed by atoms with Crippen molar-refractivity contribution in [2.75, 3.05) is 25.7 Å². The van der Waals surface area contributed by atoms with E-state index >= 15 is 0 Å². The van der Waals surface area contributed by atoms with E-state index in [4.69, 9.17) is 21.1 Å². The van der Waals surface area contributed by atoms with E-state index in [1.807, 2.05) is 6.08 Å². The van der Waals surface area contributed by atoms with Gasteiger partial charge in [0.2, 0.25) is 23.6 Å². The number of halogens is 2. The minimum absolute atomic E-state index is 0.121. The lowest BCUT2D eigenvalue weighted by atomic mass is 9.51. The molecular weight excluding hydrogens is 567 g/mol. The Morgan fingerprint density at radius 1 is 1.05 bits per heavy atom. The van der Waals surface area contributed by atoms with Crippen LogP contribution >= 0.6 is 11.6 Å². The van der Waals surface area contributed by atoms with E-state index in [1.165, 1.54) is 37.3 Å². The number of carbonyl (C=O) groups is 4. The van der Waals surface area contributed by atoms with Crippen LogP contribution in [0.5, 0.6) is 17.2 Å². The van der Waals surface area contributed by atoms with Crippen LogP contribution in [0, 0.1) is 34.9 Å². The minimum Gasteiger partial charge on any atom is -0.507 e. The number of benzene rings is 2. The lowest BCUT2D eigenvalue weighted by molar-refractivity contribution is -0.140. The zero-order valence-electron chi connectivity index (χ0n) is 23.5. The van der Waals surface area contributed by atoms with E-state index in [9.17, 15) is 28.7 Å². The molecule has 6 rings (SSSR count). The monoisotopic (exact) mass is 596 g/mol. The fourth-order valence-electron chi connectivity index (χ4n) is 7.73. The van der Waals surface area contributed by atoms with Gasteiger partial charge in [0.15, 0.2) is 0 Å². The summed E-state index contributed by atoms with van der Waals surface area (Å²) < 4.78 is 25.1. The second kappa shape index (κ2) is 9.83. The van der Waals surface area contributed by atoms with Crippen molar-refractivity contribution in [2.45, 2.75) is 32.6 Å². The lowest BCUT2D eigenvalue weighted by Crippen LogP contribution is -2.49. The average Bonchev–Trinajstić information content (AvgIpc) is 3.33. The number of hydrogen-bond acceptors (Lipinski definition) is 7. The van der Waals surface area contributed by atoms with Crippen molar-refractivity contribution >= 4 is 40.9 Å². The molecule has 220 valence electrons. The molecule has 2 saturated heterocycles. The van der Waals surface area contributed by atoms with Gasteiger partial charge < -0.3 is 14.6 Å². The first-order chi connectivity index (χ1) is 20.0. The van der Waals surface area contributed by atoms with Gasteiger partial charge in [0, 0.05) is 30.2 Å². The van der Waals surface area contributed by atoms with Crippen molar-refractivity contribution in [3.05, 3.63) is 58.4 Å². The maximum Gasteiger partial charge on any atom is 0.241 e. The molecule has 4 aliphatic rings. The van der Waals surface area contributed by atoms with Gasteiger partial charge in [-0.15, -0.1) is 0 Å². The summed E-state index contributed by atoms with van der Waals surface area (Å²) in [5, 5.41) is 11.1. The van der Waals surface area contributed by atoms with Gasteiger partial charge in [0.1, 0.15) is 23.1 Å². The Hall–Kier alpha value is -3.92.